The quantitative estimate of drug-likeness (QED) is 0.335. The van der Waals surface area contributed by atoms with Gasteiger partial charge >= 0.3 is 0 Å². The van der Waals surface area contributed by atoms with Crippen molar-refractivity contribution in [3.8, 4) is 17.2 Å². The summed E-state index contributed by atoms with van der Waals surface area (Å²) in [4.78, 5) is 27.8. The predicted molar refractivity (Wildman–Crippen MR) is 139 cm³/mol. The number of nitrogens with one attached hydrogen (secondary N) is 2. The number of rotatable bonds is 10. The zero-order valence-corrected chi connectivity index (χ0v) is 20.8. The van der Waals surface area contributed by atoms with Gasteiger partial charge in [0.1, 0.15) is 23.7 Å². The van der Waals surface area contributed by atoms with Crippen LogP contribution in [0.4, 0.5) is 0 Å². The minimum atomic E-state index is -0.336. The van der Waals surface area contributed by atoms with Crippen LogP contribution in [0.5, 0.6) is 11.5 Å². The van der Waals surface area contributed by atoms with Crippen LogP contribution in [0.15, 0.2) is 77.6 Å². The molecule has 0 spiro atoms. The SMILES string of the molecule is COc1ccc(-n2nc(C(=O)NCCC[NH+](C)Cc3ccccc3)c3ccccc3c2=O)c(OC)c1. The fourth-order valence-electron chi connectivity index (χ4n) is 4.19. The lowest BCUT2D eigenvalue weighted by atomic mass is 10.1. The maximum Gasteiger partial charge on any atom is 0.279 e. The summed E-state index contributed by atoms with van der Waals surface area (Å²) < 4.78 is 11.9. The van der Waals surface area contributed by atoms with Crippen molar-refractivity contribution in [3.05, 3.63) is 94.4 Å². The second-order valence-corrected chi connectivity index (χ2v) is 8.63. The largest absolute Gasteiger partial charge is 0.497 e. The number of ether oxygens (including phenoxy) is 2. The van der Waals surface area contributed by atoms with E-state index >= 15 is 0 Å². The zero-order chi connectivity index (χ0) is 25.5. The third kappa shape index (κ3) is 5.55. The van der Waals surface area contributed by atoms with E-state index in [0.29, 0.717) is 34.5 Å². The monoisotopic (exact) mass is 487 g/mol. The van der Waals surface area contributed by atoms with Gasteiger partial charge in [0.25, 0.3) is 11.5 Å². The standard InChI is InChI=1S/C28H30N4O4/c1-31(19-20-10-5-4-6-11-20)17-9-16-29-27(33)26-22-12-7-8-13-23(22)28(34)32(30-26)24-15-14-21(35-2)18-25(24)36-3/h4-8,10-15,18H,9,16-17,19H2,1-3H3,(H,29,33)/p+1. The summed E-state index contributed by atoms with van der Waals surface area (Å²) in [6.07, 6.45) is 0.814. The Morgan fingerprint density at radius 2 is 1.69 bits per heavy atom. The van der Waals surface area contributed by atoms with E-state index in [4.69, 9.17) is 9.47 Å². The molecule has 186 valence electrons. The number of quaternary nitrogens is 1. The van der Waals surface area contributed by atoms with Crippen LogP contribution in [0.1, 0.15) is 22.5 Å². The number of nitrogens with zero attached hydrogens (tertiary/aromatic N) is 2. The number of methoxy groups -OCH3 is 2. The normalized spacial score (nSPS) is 11.8. The second kappa shape index (κ2) is 11.5. The summed E-state index contributed by atoms with van der Waals surface area (Å²) in [5, 5.41) is 8.36. The van der Waals surface area contributed by atoms with Gasteiger partial charge in [0.15, 0.2) is 5.69 Å². The number of benzene rings is 3. The van der Waals surface area contributed by atoms with Gasteiger partial charge in [0.2, 0.25) is 0 Å². The van der Waals surface area contributed by atoms with Crippen LogP contribution in [0.3, 0.4) is 0 Å². The first-order chi connectivity index (χ1) is 17.5. The highest BCUT2D eigenvalue weighted by Crippen LogP contribution is 2.27. The van der Waals surface area contributed by atoms with E-state index in [1.165, 1.54) is 22.3 Å². The molecular weight excluding hydrogens is 456 g/mol. The summed E-state index contributed by atoms with van der Waals surface area (Å²) in [6, 6.07) is 22.4. The predicted octanol–water partition coefficient (Wildman–Crippen LogP) is 2.24. The lowest BCUT2D eigenvalue weighted by molar-refractivity contribution is -0.893. The van der Waals surface area contributed by atoms with Crippen LogP contribution >= 0.6 is 0 Å². The minimum absolute atomic E-state index is 0.188. The Hall–Kier alpha value is -4.17. The number of carbonyl (C=O) groups is 1. The van der Waals surface area contributed by atoms with Crippen LogP contribution in [0.25, 0.3) is 16.5 Å². The van der Waals surface area contributed by atoms with Crippen LogP contribution in [-0.4, -0.2) is 50.0 Å². The van der Waals surface area contributed by atoms with Crippen LogP contribution in [0, 0.1) is 0 Å². The van der Waals surface area contributed by atoms with Crippen molar-refractivity contribution >= 4 is 16.7 Å². The van der Waals surface area contributed by atoms with Gasteiger partial charge in [-0.3, -0.25) is 9.59 Å². The van der Waals surface area contributed by atoms with Crippen molar-refractivity contribution < 1.29 is 19.2 Å². The number of carbonyl (C=O) groups excluding carboxylic acids is 1. The summed E-state index contributed by atoms with van der Waals surface area (Å²) in [7, 11) is 5.20. The average molecular weight is 488 g/mol. The van der Waals surface area contributed by atoms with E-state index in [9.17, 15) is 9.59 Å². The number of aromatic nitrogens is 2. The van der Waals surface area contributed by atoms with Gasteiger partial charge < -0.3 is 19.7 Å². The van der Waals surface area contributed by atoms with E-state index < -0.39 is 0 Å². The first kappa shape index (κ1) is 24.9. The minimum Gasteiger partial charge on any atom is -0.497 e. The van der Waals surface area contributed by atoms with Gasteiger partial charge in [0.05, 0.1) is 33.2 Å². The Morgan fingerprint density at radius 1 is 0.972 bits per heavy atom. The first-order valence-corrected chi connectivity index (χ1v) is 11.9. The summed E-state index contributed by atoms with van der Waals surface area (Å²) in [6.45, 7) is 2.34. The van der Waals surface area contributed by atoms with Crippen LogP contribution in [0.2, 0.25) is 0 Å². The molecule has 0 saturated carbocycles. The highest BCUT2D eigenvalue weighted by atomic mass is 16.5. The number of hydrogen-bond donors (Lipinski definition) is 2. The van der Waals surface area contributed by atoms with E-state index in [1.54, 1.807) is 49.6 Å². The third-order valence-corrected chi connectivity index (χ3v) is 6.05. The summed E-state index contributed by atoms with van der Waals surface area (Å²) in [5.74, 6) is 0.671. The van der Waals surface area contributed by atoms with Gasteiger partial charge in [-0.25, -0.2) is 0 Å². The molecule has 0 fully saturated rings. The third-order valence-electron chi connectivity index (χ3n) is 6.05. The molecule has 1 amide bonds. The maximum atomic E-state index is 13.3. The molecule has 2 N–H and O–H groups in total. The van der Waals surface area contributed by atoms with Crippen molar-refractivity contribution in [2.45, 2.75) is 13.0 Å². The Kier molecular flexibility index (Phi) is 7.97. The van der Waals surface area contributed by atoms with E-state index in [0.717, 1.165) is 19.5 Å². The van der Waals surface area contributed by atoms with Gasteiger partial charge in [0, 0.05) is 30.0 Å². The molecule has 0 saturated heterocycles. The fraction of sp³-hybridized carbons (Fsp3) is 0.250. The Balaban J connectivity index is 1.54. The Bertz CT molecular complexity index is 1400. The molecule has 0 radical (unpaired) electrons. The lowest BCUT2D eigenvalue weighted by Crippen LogP contribution is -3.07. The van der Waals surface area contributed by atoms with Crippen molar-refractivity contribution in [1.82, 2.24) is 15.1 Å². The van der Waals surface area contributed by atoms with E-state index in [1.807, 2.05) is 18.2 Å². The molecule has 0 aliphatic rings. The van der Waals surface area contributed by atoms with Gasteiger partial charge in [-0.2, -0.15) is 9.78 Å². The molecular formula is C28H31N4O4+. The van der Waals surface area contributed by atoms with Crippen molar-refractivity contribution in [1.29, 1.82) is 0 Å². The zero-order valence-electron chi connectivity index (χ0n) is 20.8. The molecule has 4 aromatic rings. The lowest BCUT2D eigenvalue weighted by Gasteiger charge is -2.15. The Morgan fingerprint density at radius 3 is 2.42 bits per heavy atom. The number of fused-ring (bicyclic) bond motifs is 1. The molecule has 0 aliphatic carbocycles. The molecule has 0 aliphatic heterocycles. The molecule has 36 heavy (non-hydrogen) atoms. The molecule has 8 heteroatoms. The van der Waals surface area contributed by atoms with Gasteiger partial charge in [-0.15, -0.1) is 0 Å². The number of hydrogen-bond acceptors (Lipinski definition) is 5. The van der Waals surface area contributed by atoms with Crippen LogP contribution in [-0.2, 0) is 6.54 Å². The van der Waals surface area contributed by atoms with Crippen molar-refractivity contribution in [2.75, 3.05) is 34.4 Å². The summed E-state index contributed by atoms with van der Waals surface area (Å²) >= 11 is 0. The maximum absolute atomic E-state index is 13.3. The molecule has 8 nitrogen and oxygen atoms in total. The molecule has 1 unspecified atom stereocenters. The second-order valence-electron chi connectivity index (χ2n) is 8.63. The fourth-order valence-corrected chi connectivity index (χ4v) is 4.19. The molecule has 1 aromatic heterocycles. The van der Waals surface area contributed by atoms with Crippen LogP contribution < -0.4 is 25.2 Å². The van der Waals surface area contributed by atoms with Crippen molar-refractivity contribution in [3.63, 3.8) is 0 Å². The average Bonchev–Trinajstić information content (AvgIpc) is 2.91. The molecule has 3 aromatic carbocycles. The number of amides is 1. The highest BCUT2D eigenvalue weighted by Gasteiger charge is 2.19. The first-order valence-electron chi connectivity index (χ1n) is 11.9. The molecule has 4 rings (SSSR count). The smallest absolute Gasteiger partial charge is 0.279 e. The van der Waals surface area contributed by atoms with E-state index in [2.05, 4.69) is 29.6 Å². The van der Waals surface area contributed by atoms with Gasteiger partial charge in [-0.1, -0.05) is 48.5 Å². The molecule has 0 bridgehead atoms. The topological polar surface area (TPSA) is 86.9 Å². The van der Waals surface area contributed by atoms with Crippen molar-refractivity contribution in [2.24, 2.45) is 0 Å². The molecule has 1 heterocycles. The highest BCUT2D eigenvalue weighted by molar-refractivity contribution is 6.04. The van der Waals surface area contributed by atoms with E-state index in [-0.39, 0.29) is 17.2 Å². The molecule has 1 atom stereocenters. The summed E-state index contributed by atoms with van der Waals surface area (Å²) in [5.41, 5.74) is 1.56. The van der Waals surface area contributed by atoms with Gasteiger partial charge in [-0.05, 0) is 18.2 Å². The Labute approximate surface area is 210 Å².